The fourth-order valence-corrected chi connectivity index (χ4v) is 1.18. The van der Waals surface area contributed by atoms with E-state index in [1.807, 2.05) is 0 Å². The fourth-order valence-electron chi connectivity index (χ4n) is 1.18. The Balaban J connectivity index is 2.55. The Morgan fingerprint density at radius 2 is 1.93 bits per heavy atom. The molecule has 14 heavy (non-hydrogen) atoms. The van der Waals surface area contributed by atoms with Gasteiger partial charge in [-0.15, -0.1) is 0 Å². The van der Waals surface area contributed by atoms with Crippen molar-refractivity contribution >= 4 is 0 Å². The highest BCUT2D eigenvalue weighted by molar-refractivity contribution is 5.65. The van der Waals surface area contributed by atoms with E-state index in [0.717, 1.165) is 0 Å². The van der Waals surface area contributed by atoms with E-state index in [9.17, 15) is 9.90 Å². The van der Waals surface area contributed by atoms with E-state index < -0.39 is 0 Å². The maximum absolute atomic E-state index is 10.8. The van der Waals surface area contributed by atoms with Gasteiger partial charge in [-0.1, -0.05) is 12.1 Å². The van der Waals surface area contributed by atoms with Gasteiger partial charge in [0.05, 0.1) is 5.69 Å². The van der Waals surface area contributed by atoms with E-state index in [2.05, 4.69) is 10.2 Å². The van der Waals surface area contributed by atoms with Gasteiger partial charge in [-0.2, -0.15) is 5.10 Å². The number of nitrogens with one attached hydrogen (secondary N) is 1. The zero-order valence-electron chi connectivity index (χ0n) is 7.27. The van der Waals surface area contributed by atoms with Gasteiger partial charge in [-0.3, -0.25) is 4.79 Å². The summed E-state index contributed by atoms with van der Waals surface area (Å²) in [6, 6.07) is 9.76. The Bertz CT molecular complexity index is 485. The van der Waals surface area contributed by atoms with Crippen molar-refractivity contribution in [2.24, 2.45) is 0 Å². The summed E-state index contributed by atoms with van der Waals surface area (Å²) in [6.07, 6.45) is 0. The number of hydrogen-bond donors (Lipinski definition) is 2. The molecule has 0 aliphatic rings. The van der Waals surface area contributed by atoms with Crippen molar-refractivity contribution in [2.75, 3.05) is 0 Å². The lowest BCUT2D eigenvalue weighted by molar-refractivity contribution is 0.477. The third-order valence-electron chi connectivity index (χ3n) is 1.86. The molecule has 2 aromatic rings. The topological polar surface area (TPSA) is 66.0 Å². The molecule has 1 aromatic carbocycles. The van der Waals surface area contributed by atoms with E-state index in [1.54, 1.807) is 30.3 Å². The van der Waals surface area contributed by atoms with Gasteiger partial charge in [0.1, 0.15) is 5.75 Å². The summed E-state index contributed by atoms with van der Waals surface area (Å²) < 4.78 is 0. The first-order valence-corrected chi connectivity index (χ1v) is 4.11. The number of aromatic amines is 1. The minimum atomic E-state index is -0.260. The van der Waals surface area contributed by atoms with Crippen LogP contribution in [-0.4, -0.2) is 15.3 Å². The minimum absolute atomic E-state index is 0.145. The van der Waals surface area contributed by atoms with Crippen LogP contribution in [0.4, 0.5) is 0 Å². The molecule has 0 saturated carbocycles. The molecular weight excluding hydrogens is 180 g/mol. The number of phenolic OH excluding ortho intramolecular Hbond substituents is 1. The summed E-state index contributed by atoms with van der Waals surface area (Å²) >= 11 is 0. The molecule has 2 rings (SSSR count). The maximum Gasteiger partial charge on any atom is 0.264 e. The average Bonchev–Trinajstić information content (AvgIpc) is 2.20. The van der Waals surface area contributed by atoms with E-state index in [-0.39, 0.29) is 11.3 Å². The molecule has 4 heteroatoms. The van der Waals surface area contributed by atoms with E-state index in [1.165, 1.54) is 6.07 Å². The smallest absolute Gasteiger partial charge is 0.264 e. The van der Waals surface area contributed by atoms with Crippen LogP contribution in [-0.2, 0) is 0 Å². The van der Waals surface area contributed by atoms with Gasteiger partial charge in [-0.05, 0) is 18.2 Å². The second kappa shape index (κ2) is 3.33. The van der Waals surface area contributed by atoms with Gasteiger partial charge in [0.2, 0.25) is 0 Å². The molecule has 0 aliphatic heterocycles. The van der Waals surface area contributed by atoms with Crippen LogP contribution in [0.25, 0.3) is 11.3 Å². The molecule has 0 amide bonds. The summed E-state index contributed by atoms with van der Waals surface area (Å²) in [5, 5.41) is 15.6. The number of para-hydroxylation sites is 1. The molecule has 0 spiro atoms. The van der Waals surface area contributed by atoms with Gasteiger partial charge >= 0.3 is 0 Å². The van der Waals surface area contributed by atoms with Crippen molar-refractivity contribution in [3.8, 4) is 17.0 Å². The third kappa shape index (κ3) is 1.50. The highest BCUT2D eigenvalue weighted by atomic mass is 16.3. The molecular formula is C10H8N2O2. The summed E-state index contributed by atoms with van der Waals surface area (Å²) in [5.74, 6) is 0.145. The third-order valence-corrected chi connectivity index (χ3v) is 1.86. The Kier molecular flexibility index (Phi) is 2.02. The van der Waals surface area contributed by atoms with E-state index >= 15 is 0 Å². The Labute approximate surface area is 79.9 Å². The lowest BCUT2D eigenvalue weighted by Crippen LogP contribution is -2.05. The summed E-state index contributed by atoms with van der Waals surface area (Å²) in [4.78, 5) is 10.8. The van der Waals surface area contributed by atoms with Crippen molar-refractivity contribution in [3.63, 3.8) is 0 Å². The number of aromatic nitrogens is 2. The normalized spacial score (nSPS) is 10.0. The van der Waals surface area contributed by atoms with Crippen molar-refractivity contribution in [1.82, 2.24) is 10.2 Å². The van der Waals surface area contributed by atoms with Gasteiger partial charge in [0, 0.05) is 11.6 Å². The number of aromatic hydroxyl groups is 1. The molecule has 0 radical (unpaired) electrons. The van der Waals surface area contributed by atoms with E-state index in [0.29, 0.717) is 11.3 Å². The zero-order valence-corrected chi connectivity index (χ0v) is 7.27. The van der Waals surface area contributed by atoms with Gasteiger partial charge < -0.3 is 5.11 Å². The van der Waals surface area contributed by atoms with Crippen LogP contribution in [0.5, 0.6) is 5.75 Å². The standard InChI is InChI=1S/C10H8N2O2/c13-9-4-2-1-3-7(9)8-5-6-10(14)12-11-8/h1-6,13H,(H,12,14). The highest BCUT2D eigenvalue weighted by Crippen LogP contribution is 2.25. The maximum atomic E-state index is 10.8. The fraction of sp³-hybridized carbons (Fsp3) is 0. The second-order valence-electron chi connectivity index (χ2n) is 2.82. The predicted octanol–water partition coefficient (Wildman–Crippen LogP) is 1.14. The van der Waals surface area contributed by atoms with Gasteiger partial charge in [0.15, 0.2) is 0 Å². The van der Waals surface area contributed by atoms with Crippen LogP contribution >= 0.6 is 0 Å². The molecule has 2 N–H and O–H groups in total. The molecule has 0 unspecified atom stereocenters. The lowest BCUT2D eigenvalue weighted by Gasteiger charge is -2.01. The molecule has 0 saturated heterocycles. The van der Waals surface area contributed by atoms with Crippen molar-refractivity contribution < 1.29 is 5.11 Å². The number of H-pyrrole nitrogens is 1. The Hall–Kier alpha value is -2.10. The summed E-state index contributed by atoms with van der Waals surface area (Å²) in [6.45, 7) is 0. The van der Waals surface area contributed by atoms with Gasteiger partial charge in [-0.25, -0.2) is 5.10 Å². The van der Waals surface area contributed by atoms with Crippen LogP contribution in [0, 0.1) is 0 Å². The molecule has 0 fully saturated rings. The predicted molar refractivity (Wildman–Crippen MR) is 52.0 cm³/mol. The zero-order chi connectivity index (χ0) is 9.97. The molecule has 70 valence electrons. The van der Waals surface area contributed by atoms with E-state index in [4.69, 9.17) is 0 Å². The largest absolute Gasteiger partial charge is 0.507 e. The number of hydrogen-bond acceptors (Lipinski definition) is 3. The lowest BCUT2D eigenvalue weighted by atomic mass is 10.1. The van der Waals surface area contributed by atoms with Gasteiger partial charge in [0.25, 0.3) is 5.56 Å². The molecule has 1 aromatic heterocycles. The first-order chi connectivity index (χ1) is 6.77. The number of benzene rings is 1. The first kappa shape index (κ1) is 8.50. The molecule has 0 atom stereocenters. The Morgan fingerprint density at radius 3 is 2.57 bits per heavy atom. The van der Waals surface area contributed by atoms with Crippen LogP contribution in [0.2, 0.25) is 0 Å². The monoisotopic (exact) mass is 188 g/mol. The van der Waals surface area contributed by atoms with Crippen molar-refractivity contribution in [1.29, 1.82) is 0 Å². The molecule has 1 heterocycles. The van der Waals surface area contributed by atoms with Crippen LogP contribution < -0.4 is 5.56 Å². The number of phenols is 1. The van der Waals surface area contributed by atoms with Crippen LogP contribution in [0.3, 0.4) is 0 Å². The summed E-state index contributed by atoms with van der Waals surface area (Å²) in [5.41, 5.74) is 0.885. The molecule has 4 nitrogen and oxygen atoms in total. The minimum Gasteiger partial charge on any atom is -0.507 e. The SMILES string of the molecule is O=c1ccc(-c2ccccc2O)n[nH]1. The number of rotatable bonds is 1. The van der Waals surface area contributed by atoms with Crippen LogP contribution in [0.1, 0.15) is 0 Å². The molecule has 0 aliphatic carbocycles. The van der Waals surface area contributed by atoms with Crippen LogP contribution in [0.15, 0.2) is 41.2 Å². The highest BCUT2D eigenvalue weighted by Gasteiger charge is 2.03. The second-order valence-corrected chi connectivity index (χ2v) is 2.82. The average molecular weight is 188 g/mol. The number of nitrogens with zero attached hydrogens (tertiary/aromatic N) is 1. The van der Waals surface area contributed by atoms with Crippen molar-refractivity contribution in [3.05, 3.63) is 46.8 Å². The Morgan fingerprint density at radius 1 is 1.14 bits per heavy atom. The summed E-state index contributed by atoms with van der Waals surface area (Å²) in [7, 11) is 0. The first-order valence-electron chi connectivity index (χ1n) is 4.11. The molecule has 0 bridgehead atoms. The quantitative estimate of drug-likeness (QED) is 0.705. The van der Waals surface area contributed by atoms with Crippen molar-refractivity contribution in [2.45, 2.75) is 0 Å².